The number of hydrogen-bond donors (Lipinski definition) is 1. The summed E-state index contributed by atoms with van der Waals surface area (Å²) in [5.41, 5.74) is 2.08. The van der Waals surface area contributed by atoms with Gasteiger partial charge in [0, 0.05) is 31.5 Å². The number of anilines is 1. The molecule has 168 valence electrons. The van der Waals surface area contributed by atoms with E-state index in [1.54, 1.807) is 12.0 Å². The lowest BCUT2D eigenvalue weighted by Gasteiger charge is -2.22. The van der Waals surface area contributed by atoms with Crippen LogP contribution in [0.25, 0.3) is 10.6 Å². The summed E-state index contributed by atoms with van der Waals surface area (Å²) < 4.78 is 5.17. The summed E-state index contributed by atoms with van der Waals surface area (Å²) in [5.74, 6) is 0.659. The molecule has 0 fully saturated rings. The van der Waals surface area contributed by atoms with E-state index >= 15 is 0 Å². The Morgan fingerprint density at radius 3 is 2.44 bits per heavy atom. The van der Waals surface area contributed by atoms with Crippen molar-refractivity contribution >= 4 is 28.3 Å². The van der Waals surface area contributed by atoms with E-state index in [0.29, 0.717) is 29.6 Å². The number of methoxy groups -OCH3 is 1. The van der Waals surface area contributed by atoms with Crippen molar-refractivity contribution in [2.24, 2.45) is 0 Å². The van der Waals surface area contributed by atoms with Crippen LogP contribution in [-0.2, 0) is 16.0 Å². The zero-order chi connectivity index (χ0) is 22.8. The summed E-state index contributed by atoms with van der Waals surface area (Å²) in [7, 11) is 1.62. The molecule has 7 nitrogen and oxygen atoms in total. The van der Waals surface area contributed by atoms with Gasteiger partial charge in [-0.05, 0) is 42.7 Å². The van der Waals surface area contributed by atoms with Crippen molar-refractivity contribution in [1.82, 2.24) is 15.1 Å². The Morgan fingerprint density at radius 2 is 1.75 bits per heavy atom. The summed E-state index contributed by atoms with van der Waals surface area (Å²) in [5, 5.41) is 12.2. The van der Waals surface area contributed by atoms with Crippen molar-refractivity contribution in [1.29, 1.82) is 0 Å². The van der Waals surface area contributed by atoms with Crippen molar-refractivity contribution < 1.29 is 14.3 Å². The average molecular weight is 453 g/mol. The molecular formula is C24H28N4O3S. The first-order chi connectivity index (χ1) is 15.6. The summed E-state index contributed by atoms with van der Waals surface area (Å²) in [4.78, 5) is 26.8. The van der Waals surface area contributed by atoms with Crippen molar-refractivity contribution in [3.05, 3.63) is 60.2 Å². The molecule has 2 aromatic carbocycles. The maximum absolute atomic E-state index is 12.5. The minimum Gasteiger partial charge on any atom is -0.497 e. The lowest BCUT2D eigenvalue weighted by molar-refractivity contribution is -0.131. The molecule has 0 spiro atoms. The van der Waals surface area contributed by atoms with Crippen LogP contribution in [0, 0.1) is 0 Å². The molecule has 0 radical (unpaired) electrons. The van der Waals surface area contributed by atoms with Crippen molar-refractivity contribution in [3.63, 3.8) is 0 Å². The molecule has 0 aliphatic carbocycles. The molecule has 0 saturated carbocycles. The fourth-order valence-corrected chi connectivity index (χ4v) is 3.95. The summed E-state index contributed by atoms with van der Waals surface area (Å²) in [6.45, 7) is 2.95. The number of rotatable bonds is 11. The van der Waals surface area contributed by atoms with Gasteiger partial charge >= 0.3 is 0 Å². The smallest absolute Gasteiger partial charge is 0.227 e. The van der Waals surface area contributed by atoms with Crippen LogP contribution < -0.4 is 10.1 Å². The molecule has 0 aliphatic heterocycles. The zero-order valence-electron chi connectivity index (χ0n) is 18.4. The highest BCUT2D eigenvalue weighted by molar-refractivity contribution is 7.18. The Morgan fingerprint density at radius 1 is 1.00 bits per heavy atom. The summed E-state index contributed by atoms with van der Waals surface area (Å²) in [6, 6.07) is 17.5. The third-order valence-corrected chi connectivity index (χ3v) is 5.83. The maximum Gasteiger partial charge on any atom is 0.227 e. The Bertz CT molecular complexity index is 1010. The molecular weight excluding hydrogens is 424 g/mol. The van der Waals surface area contributed by atoms with E-state index < -0.39 is 0 Å². The van der Waals surface area contributed by atoms with Gasteiger partial charge in [0.25, 0.3) is 0 Å². The quantitative estimate of drug-likeness (QED) is 0.466. The van der Waals surface area contributed by atoms with Crippen molar-refractivity contribution in [3.8, 4) is 16.3 Å². The number of nitrogens with zero attached hydrogens (tertiary/aromatic N) is 3. The highest BCUT2D eigenvalue weighted by atomic mass is 32.1. The van der Waals surface area contributed by atoms with E-state index in [1.807, 2.05) is 61.5 Å². The van der Waals surface area contributed by atoms with Crippen LogP contribution in [0.15, 0.2) is 54.6 Å². The lowest BCUT2D eigenvalue weighted by atomic mass is 10.1. The van der Waals surface area contributed by atoms with Gasteiger partial charge in [-0.3, -0.25) is 9.59 Å². The van der Waals surface area contributed by atoms with Gasteiger partial charge < -0.3 is 15.0 Å². The Balaban J connectivity index is 1.53. The van der Waals surface area contributed by atoms with E-state index in [-0.39, 0.29) is 18.2 Å². The summed E-state index contributed by atoms with van der Waals surface area (Å²) in [6.07, 6.45) is 2.24. The Hall–Kier alpha value is -3.26. The second-order valence-electron chi connectivity index (χ2n) is 7.31. The van der Waals surface area contributed by atoms with Crippen LogP contribution in [0.5, 0.6) is 5.75 Å². The van der Waals surface area contributed by atoms with Gasteiger partial charge in [0.15, 0.2) is 0 Å². The number of benzene rings is 2. The highest BCUT2D eigenvalue weighted by Gasteiger charge is 2.16. The molecule has 2 amide bonds. The number of carbonyl (C=O) groups is 2. The van der Waals surface area contributed by atoms with Crippen LogP contribution in [0.3, 0.4) is 0 Å². The molecule has 32 heavy (non-hydrogen) atoms. The number of ether oxygens (including phenoxy) is 1. The lowest BCUT2D eigenvalue weighted by Crippen LogP contribution is -2.35. The third kappa shape index (κ3) is 6.88. The van der Waals surface area contributed by atoms with Crippen LogP contribution in [0.1, 0.15) is 31.7 Å². The average Bonchev–Trinajstić information content (AvgIpc) is 3.28. The van der Waals surface area contributed by atoms with Gasteiger partial charge in [-0.25, -0.2) is 0 Å². The molecule has 3 aromatic rings. The van der Waals surface area contributed by atoms with Gasteiger partial charge in [0.1, 0.15) is 10.8 Å². The number of hydrogen-bond acceptors (Lipinski definition) is 6. The Kier molecular flexibility index (Phi) is 8.74. The van der Waals surface area contributed by atoms with Crippen LogP contribution in [0.4, 0.5) is 5.13 Å². The zero-order valence-corrected chi connectivity index (χ0v) is 19.2. The summed E-state index contributed by atoms with van der Waals surface area (Å²) >= 11 is 1.31. The molecule has 8 heteroatoms. The standard InChI is InChI=1S/C24H28N4O3S/c1-3-7-22(30)28(16-14-18-8-5-4-6-9-18)17-15-21(29)25-24-27-26-23(32-24)19-10-12-20(31-2)13-11-19/h4-6,8-13H,3,7,14-17H2,1-2H3,(H,25,27,29). The SMILES string of the molecule is CCCC(=O)N(CCC(=O)Nc1nnc(-c2ccc(OC)cc2)s1)CCc1ccccc1. The monoisotopic (exact) mass is 452 g/mol. The largest absolute Gasteiger partial charge is 0.497 e. The number of carbonyl (C=O) groups excluding carboxylic acids is 2. The fourth-order valence-electron chi connectivity index (χ4n) is 3.18. The van der Waals surface area contributed by atoms with Gasteiger partial charge in [-0.1, -0.05) is 48.6 Å². The molecule has 1 aromatic heterocycles. The van der Waals surface area contributed by atoms with Crippen molar-refractivity contribution in [2.45, 2.75) is 32.6 Å². The number of aromatic nitrogens is 2. The minimum atomic E-state index is -0.184. The van der Waals surface area contributed by atoms with E-state index in [9.17, 15) is 9.59 Å². The van der Waals surface area contributed by atoms with E-state index in [0.717, 1.165) is 24.2 Å². The highest BCUT2D eigenvalue weighted by Crippen LogP contribution is 2.27. The third-order valence-electron chi connectivity index (χ3n) is 4.95. The number of nitrogens with one attached hydrogen (secondary N) is 1. The molecule has 0 atom stereocenters. The molecule has 1 N–H and O–H groups in total. The predicted molar refractivity (Wildman–Crippen MR) is 127 cm³/mol. The first-order valence-electron chi connectivity index (χ1n) is 10.7. The Labute approximate surface area is 192 Å². The van der Waals surface area contributed by atoms with Gasteiger partial charge in [-0.2, -0.15) is 0 Å². The first-order valence-corrected chi connectivity index (χ1v) is 11.5. The van der Waals surface area contributed by atoms with Gasteiger partial charge in [-0.15, -0.1) is 10.2 Å². The van der Waals surface area contributed by atoms with Crippen LogP contribution >= 0.6 is 11.3 Å². The van der Waals surface area contributed by atoms with E-state index in [2.05, 4.69) is 15.5 Å². The minimum absolute atomic E-state index is 0.0777. The molecule has 0 unspecified atom stereocenters. The van der Waals surface area contributed by atoms with Crippen LogP contribution in [-0.4, -0.2) is 47.1 Å². The van der Waals surface area contributed by atoms with Gasteiger partial charge in [0.2, 0.25) is 16.9 Å². The fraction of sp³-hybridized carbons (Fsp3) is 0.333. The molecule has 0 saturated heterocycles. The first kappa shape index (κ1) is 23.4. The normalized spacial score (nSPS) is 10.6. The topological polar surface area (TPSA) is 84.4 Å². The van der Waals surface area contributed by atoms with E-state index in [1.165, 1.54) is 16.9 Å². The maximum atomic E-state index is 12.5. The second kappa shape index (κ2) is 12.0. The molecule has 0 aliphatic rings. The second-order valence-corrected chi connectivity index (χ2v) is 8.28. The molecule has 1 heterocycles. The molecule has 0 bridgehead atoms. The van der Waals surface area contributed by atoms with Crippen molar-refractivity contribution in [2.75, 3.05) is 25.5 Å². The predicted octanol–water partition coefficient (Wildman–Crippen LogP) is 4.41. The molecule has 3 rings (SSSR count). The number of amides is 2. The van der Waals surface area contributed by atoms with E-state index in [4.69, 9.17) is 4.74 Å². The van der Waals surface area contributed by atoms with Crippen LogP contribution in [0.2, 0.25) is 0 Å². The van der Waals surface area contributed by atoms with Gasteiger partial charge in [0.05, 0.1) is 7.11 Å².